The first kappa shape index (κ1) is 19.3. The second-order valence-electron chi connectivity index (χ2n) is 8.16. The maximum atomic E-state index is 11.8. The van der Waals surface area contributed by atoms with E-state index < -0.39 is 5.60 Å². The summed E-state index contributed by atoms with van der Waals surface area (Å²) in [6.45, 7) is 13.0. The van der Waals surface area contributed by atoms with Crippen LogP contribution in [0.5, 0.6) is 0 Å². The molecule has 22 heavy (non-hydrogen) atoms. The molecule has 1 aliphatic carbocycles. The first-order valence-corrected chi connectivity index (χ1v) is 8.92. The van der Waals surface area contributed by atoms with Crippen LogP contribution in [0.4, 0.5) is 4.79 Å². The highest BCUT2D eigenvalue weighted by atomic mass is 16.6. The molecule has 0 aromatic heterocycles. The van der Waals surface area contributed by atoms with Crippen LogP contribution >= 0.6 is 0 Å². The van der Waals surface area contributed by atoms with Crippen LogP contribution in [0.2, 0.25) is 0 Å². The monoisotopic (exact) mass is 312 g/mol. The van der Waals surface area contributed by atoms with E-state index in [4.69, 9.17) is 4.74 Å². The number of nitrogens with one attached hydrogen (secondary N) is 2. The Morgan fingerprint density at radius 3 is 2.45 bits per heavy atom. The lowest BCUT2D eigenvalue weighted by Crippen LogP contribution is -2.46. The largest absolute Gasteiger partial charge is 0.444 e. The predicted octanol–water partition coefficient (Wildman–Crippen LogP) is 4.09. The molecule has 1 rings (SSSR count). The van der Waals surface area contributed by atoms with Gasteiger partial charge in [-0.15, -0.1) is 0 Å². The summed E-state index contributed by atoms with van der Waals surface area (Å²) in [6, 6.07) is 0.933. The molecule has 1 aliphatic rings. The first-order valence-electron chi connectivity index (χ1n) is 8.92. The van der Waals surface area contributed by atoms with Crippen LogP contribution in [-0.2, 0) is 4.74 Å². The van der Waals surface area contributed by atoms with Gasteiger partial charge in [0.05, 0.1) is 0 Å². The van der Waals surface area contributed by atoms with E-state index in [9.17, 15) is 4.79 Å². The fraction of sp³-hybridized carbons (Fsp3) is 0.944. The Kier molecular flexibility index (Phi) is 7.67. The van der Waals surface area contributed by atoms with Gasteiger partial charge in [-0.1, -0.05) is 27.2 Å². The van der Waals surface area contributed by atoms with Gasteiger partial charge in [0.15, 0.2) is 0 Å². The zero-order chi connectivity index (χ0) is 16.8. The minimum Gasteiger partial charge on any atom is -0.444 e. The van der Waals surface area contributed by atoms with Crippen molar-refractivity contribution in [2.75, 3.05) is 6.54 Å². The molecule has 3 atom stereocenters. The number of amides is 1. The molecule has 4 nitrogen and oxygen atoms in total. The van der Waals surface area contributed by atoms with Gasteiger partial charge >= 0.3 is 6.09 Å². The van der Waals surface area contributed by atoms with E-state index in [1.54, 1.807) is 0 Å². The quantitative estimate of drug-likeness (QED) is 0.744. The topological polar surface area (TPSA) is 50.4 Å². The van der Waals surface area contributed by atoms with Gasteiger partial charge in [-0.3, -0.25) is 0 Å². The van der Waals surface area contributed by atoms with Gasteiger partial charge in [-0.2, -0.15) is 0 Å². The maximum absolute atomic E-state index is 11.8. The lowest BCUT2D eigenvalue weighted by molar-refractivity contribution is 0.0520. The summed E-state index contributed by atoms with van der Waals surface area (Å²) in [5, 5.41) is 6.68. The average molecular weight is 312 g/mol. The summed E-state index contributed by atoms with van der Waals surface area (Å²) in [7, 11) is 0. The zero-order valence-electron chi connectivity index (χ0n) is 15.4. The molecule has 130 valence electrons. The Bertz CT molecular complexity index is 336. The molecule has 0 bridgehead atoms. The molecule has 0 spiro atoms. The fourth-order valence-corrected chi connectivity index (χ4v) is 3.23. The maximum Gasteiger partial charge on any atom is 0.407 e. The highest BCUT2D eigenvalue weighted by molar-refractivity contribution is 5.67. The van der Waals surface area contributed by atoms with Crippen LogP contribution in [0.15, 0.2) is 0 Å². The molecule has 4 heteroatoms. The van der Waals surface area contributed by atoms with Gasteiger partial charge in [0.2, 0.25) is 0 Å². The van der Waals surface area contributed by atoms with Gasteiger partial charge in [-0.25, -0.2) is 4.79 Å². The third-order valence-corrected chi connectivity index (χ3v) is 4.24. The summed E-state index contributed by atoms with van der Waals surface area (Å²) in [5.41, 5.74) is -0.440. The lowest BCUT2D eigenvalue weighted by Gasteiger charge is -2.26. The SMILES string of the molecule is CCC1CCC(NC(CNC(=O)OC(C)(C)C)CC(C)C)C1. The van der Waals surface area contributed by atoms with Crippen molar-refractivity contribution < 1.29 is 9.53 Å². The number of alkyl carbamates (subject to hydrolysis) is 1. The Morgan fingerprint density at radius 2 is 1.95 bits per heavy atom. The highest BCUT2D eigenvalue weighted by Gasteiger charge is 2.26. The van der Waals surface area contributed by atoms with Crippen LogP contribution in [-0.4, -0.2) is 30.3 Å². The number of hydrogen-bond donors (Lipinski definition) is 2. The number of ether oxygens (including phenoxy) is 1. The molecule has 0 radical (unpaired) electrons. The van der Waals surface area contributed by atoms with E-state index in [0.29, 0.717) is 24.5 Å². The van der Waals surface area contributed by atoms with Gasteiger partial charge < -0.3 is 15.4 Å². The minimum atomic E-state index is -0.440. The summed E-state index contributed by atoms with van der Waals surface area (Å²) in [6.07, 6.45) is 5.91. The molecule has 3 unspecified atom stereocenters. The van der Waals surface area contributed by atoms with Crippen molar-refractivity contribution >= 4 is 6.09 Å². The molecule has 0 aliphatic heterocycles. The van der Waals surface area contributed by atoms with Crippen molar-refractivity contribution in [3.05, 3.63) is 0 Å². The number of hydrogen-bond acceptors (Lipinski definition) is 3. The van der Waals surface area contributed by atoms with Crippen molar-refractivity contribution in [3.63, 3.8) is 0 Å². The van der Waals surface area contributed by atoms with Crippen molar-refractivity contribution in [3.8, 4) is 0 Å². The highest BCUT2D eigenvalue weighted by Crippen LogP contribution is 2.28. The Labute approximate surface area is 136 Å². The third kappa shape index (κ3) is 8.02. The van der Waals surface area contributed by atoms with Crippen molar-refractivity contribution in [1.29, 1.82) is 0 Å². The van der Waals surface area contributed by atoms with Gasteiger partial charge in [-0.05, 0) is 58.3 Å². The van der Waals surface area contributed by atoms with Crippen molar-refractivity contribution in [2.24, 2.45) is 11.8 Å². The van der Waals surface area contributed by atoms with E-state index in [1.807, 2.05) is 20.8 Å². The summed E-state index contributed by atoms with van der Waals surface area (Å²) in [4.78, 5) is 11.8. The number of carbonyl (C=O) groups is 1. The van der Waals surface area contributed by atoms with Crippen LogP contribution in [0, 0.1) is 11.8 Å². The minimum absolute atomic E-state index is 0.319. The Morgan fingerprint density at radius 1 is 1.27 bits per heavy atom. The molecule has 1 saturated carbocycles. The molecule has 0 aromatic rings. The van der Waals surface area contributed by atoms with E-state index in [0.717, 1.165) is 12.3 Å². The standard InChI is InChI=1S/C18H36N2O2/c1-7-14-8-9-15(11-14)20-16(10-13(2)3)12-19-17(21)22-18(4,5)6/h13-16,20H,7-12H2,1-6H3,(H,19,21). The average Bonchev–Trinajstić information content (AvgIpc) is 2.81. The molecule has 0 aromatic carbocycles. The predicted molar refractivity (Wildman–Crippen MR) is 92.0 cm³/mol. The smallest absolute Gasteiger partial charge is 0.407 e. The normalized spacial score (nSPS) is 23.6. The van der Waals surface area contributed by atoms with Gasteiger partial charge in [0.1, 0.15) is 5.60 Å². The molecule has 2 N–H and O–H groups in total. The van der Waals surface area contributed by atoms with E-state index >= 15 is 0 Å². The Balaban J connectivity index is 2.42. The molecule has 1 fully saturated rings. The van der Waals surface area contributed by atoms with E-state index in [1.165, 1.54) is 25.7 Å². The molecule has 0 saturated heterocycles. The van der Waals surface area contributed by atoms with Gasteiger partial charge in [0.25, 0.3) is 0 Å². The second-order valence-corrected chi connectivity index (χ2v) is 8.16. The van der Waals surface area contributed by atoms with Crippen molar-refractivity contribution in [2.45, 2.75) is 91.3 Å². The van der Waals surface area contributed by atoms with Crippen LogP contribution < -0.4 is 10.6 Å². The first-order chi connectivity index (χ1) is 10.2. The van der Waals surface area contributed by atoms with Crippen LogP contribution in [0.3, 0.4) is 0 Å². The Hall–Kier alpha value is -0.770. The zero-order valence-corrected chi connectivity index (χ0v) is 15.4. The summed E-state index contributed by atoms with van der Waals surface area (Å²) >= 11 is 0. The molecule has 1 amide bonds. The summed E-state index contributed by atoms with van der Waals surface area (Å²) in [5.74, 6) is 1.48. The van der Waals surface area contributed by atoms with Gasteiger partial charge in [0, 0.05) is 18.6 Å². The van der Waals surface area contributed by atoms with Crippen molar-refractivity contribution in [1.82, 2.24) is 10.6 Å². The molecular formula is C18H36N2O2. The third-order valence-electron chi connectivity index (χ3n) is 4.24. The lowest BCUT2D eigenvalue weighted by atomic mass is 10.0. The number of rotatable bonds is 7. The van der Waals surface area contributed by atoms with Crippen LogP contribution in [0.25, 0.3) is 0 Å². The molecular weight excluding hydrogens is 276 g/mol. The van der Waals surface area contributed by atoms with E-state index in [2.05, 4.69) is 31.4 Å². The fourth-order valence-electron chi connectivity index (χ4n) is 3.23. The summed E-state index contributed by atoms with van der Waals surface area (Å²) < 4.78 is 5.32. The van der Waals surface area contributed by atoms with Crippen LogP contribution in [0.1, 0.15) is 73.6 Å². The van der Waals surface area contributed by atoms with E-state index in [-0.39, 0.29) is 6.09 Å². The number of carbonyl (C=O) groups excluding carboxylic acids is 1. The second kappa shape index (κ2) is 8.76. The molecule has 0 heterocycles.